The highest BCUT2D eigenvalue weighted by atomic mass is 16.5. The molecule has 3 amide bonds. The maximum Gasteiger partial charge on any atom is 0.329 e. The Kier molecular flexibility index (Phi) is 9.37. The quantitative estimate of drug-likeness (QED) is 0.307. The topological polar surface area (TPSA) is 94.2 Å². The molecule has 1 saturated heterocycles. The Morgan fingerprint density at radius 1 is 1.16 bits per heavy atom. The number of amides is 3. The molecule has 170 valence electrons. The maximum atomic E-state index is 12.6. The molecule has 0 spiro atoms. The van der Waals surface area contributed by atoms with Gasteiger partial charge in [-0.1, -0.05) is 39.2 Å². The Morgan fingerprint density at radius 3 is 2.55 bits per heavy atom. The minimum atomic E-state index is -0.557. The molecule has 1 aromatic rings. The van der Waals surface area contributed by atoms with E-state index in [4.69, 9.17) is 14.2 Å². The van der Waals surface area contributed by atoms with E-state index in [-0.39, 0.29) is 18.7 Å². The molecule has 8 heteroatoms. The van der Waals surface area contributed by atoms with Gasteiger partial charge in [-0.15, -0.1) is 0 Å². The number of hydrogen-bond donors (Lipinski definition) is 1. The zero-order valence-corrected chi connectivity index (χ0v) is 18.7. The van der Waals surface area contributed by atoms with Gasteiger partial charge in [0.25, 0.3) is 5.91 Å². The largest absolute Gasteiger partial charge is 0.493 e. The minimum Gasteiger partial charge on any atom is -0.493 e. The van der Waals surface area contributed by atoms with Crippen molar-refractivity contribution in [1.82, 2.24) is 10.2 Å². The summed E-state index contributed by atoms with van der Waals surface area (Å²) in [5.41, 5.74) is 0.802. The van der Waals surface area contributed by atoms with Crippen molar-refractivity contribution in [1.29, 1.82) is 0 Å². The summed E-state index contributed by atoms with van der Waals surface area (Å²) in [6.45, 7) is 4.55. The first-order chi connectivity index (χ1) is 14.9. The van der Waals surface area contributed by atoms with Crippen molar-refractivity contribution in [3.63, 3.8) is 0 Å². The van der Waals surface area contributed by atoms with Gasteiger partial charge in [-0.25, -0.2) is 4.79 Å². The standard InChI is InChI=1S/C23H32N2O6/c1-5-7-8-16(6-2)15-31-21(26)11-12-25-22(27)18(24-23(25)28)13-17-9-10-19(29-3)20(14-17)30-4/h9-10,13-14,16H,5-8,11-12,15H2,1-4H3,(H,24,28). The van der Waals surface area contributed by atoms with Crippen molar-refractivity contribution in [3.8, 4) is 11.5 Å². The zero-order valence-electron chi connectivity index (χ0n) is 18.7. The number of esters is 1. The van der Waals surface area contributed by atoms with Gasteiger partial charge in [0.2, 0.25) is 0 Å². The van der Waals surface area contributed by atoms with Crippen molar-refractivity contribution in [2.45, 2.75) is 46.0 Å². The van der Waals surface area contributed by atoms with E-state index in [0.717, 1.165) is 30.6 Å². The van der Waals surface area contributed by atoms with E-state index in [1.807, 2.05) is 0 Å². The molecular weight excluding hydrogens is 400 g/mol. The molecule has 1 heterocycles. The van der Waals surface area contributed by atoms with Crippen LogP contribution in [0.3, 0.4) is 0 Å². The molecule has 31 heavy (non-hydrogen) atoms. The van der Waals surface area contributed by atoms with E-state index in [2.05, 4.69) is 19.2 Å². The Hall–Kier alpha value is -3.03. The van der Waals surface area contributed by atoms with Crippen LogP contribution < -0.4 is 14.8 Å². The number of methoxy groups -OCH3 is 2. The number of carbonyl (C=O) groups excluding carboxylic acids is 3. The number of imide groups is 1. The summed E-state index contributed by atoms with van der Waals surface area (Å²) in [5.74, 6) is 0.524. The van der Waals surface area contributed by atoms with E-state index >= 15 is 0 Å². The molecular formula is C23H32N2O6. The van der Waals surface area contributed by atoms with Crippen LogP contribution in [0.15, 0.2) is 23.9 Å². The van der Waals surface area contributed by atoms with E-state index in [1.165, 1.54) is 14.2 Å². The molecule has 8 nitrogen and oxygen atoms in total. The van der Waals surface area contributed by atoms with Crippen LogP contribution in [-0.4, -0.2) is 50.2 Å². The molecule has 0 aliphatic carbocycles. The first kappa shape index (κ1) is 24.2. The SMILES string of the molecule is CCCCC(CC)COC(=O)CCN1C(=O)NC(=Cc2ccc(OC)c(OC)c2)C1=O. The summed E-state index contributed by atoms with van der Waals surface area (Å²) in [6, 6.07) is 4.60. The second-order valence-electron chi connectivity index (χ2n) is 7.41. The van der Waals surface area contributed by atoms with Crippen molar-refractivity contribution in [3.05, 3.63) is 29.5 Å². The van der Waals surface area contributed by atoms with Crippen LogP contribution in [0.5, 0.6) is 11.5 Å². The molecule has 0 aromatic heterocycles. The summed E-state index contributed by atoms with van der Waals surface area (Å²) < 4.78 is 15.8. The molecule has 1 N–H and O–H groups in total. The van der Waals surface area contributed by atoms with Gasteiger partial charge in [-0.3, -0.25) is 14.5 Å². The Bertz CT molecular complexity index is 820. The molecule has 2 rings (SSSR count). The molecule has 1 aliphatic rings. The Balaban J connectivity index is 1.93. The second-order valence-corrected chi connectivity index (χ2v) is 7.41. The van der Waals surface area contributed by atoms with Crippen LogP contribution in [0.1, 0.15) is 51.5 Å². The average molecular weight is 433 g/mol. The van der Waals surface area contributed by atoms with Gasteiger partial charge in [0.1, 0.15) is 5.70 Å². The number of nitrogens with one attached hydrogen (secondary N) is 1. The molecule has 1 unspecified atom stereocenters. The zero-order chi connectivity index (χ0) is 22.8. The number of benzene rings is 1. The smallest absolute Gasteiger partial charge is 0.329 e. The molecule has 1 atom stereocenters. The van der Waals surface area contributed by atoms with Gasteiger partial charge in [0, 0.05) is 6.54 Å². The highest BCUT2D eigenvalue weighted by molar-refractivity contribution is 6.14. The second kappa shape index (κ2) is 12.0. The van der Waals surface area contributed by atoms with Gasteiger partial charge in [-0.05, 0) is 36.1 Å². The molecule has 1 fully saturated rings. The fraction of sp³-hybridized carbons (Fsp3) is 0.522. The average Bonchev–Trinajstić information content (AvgIpc) is 3.04. The van der Waals surface area contributed by atoms with Gasteiger partial charge in [0.15, 0.2) is 11.5 Å². The lowest BCUT2D eigenvalue weighted by molar-refractivity contribution is -0.145. The highest BCUT2D eigenvalue weighted by Gasteiger charge is 2.33. The summed E-state index contributed by atoms with van der Waals surface area (Å²) >= 11 is 0. The van der Waals surface area contributed by atoms with E-state index in [0.29, 0.717) is 29.6 Å². The number of rotatable bonds is 12. The lowest BCUT2D eigenvalue weighted by Gasteiger charge is -2.15. The molecule has 0 radical (unpaired) electrons. The first-order valence-corrected chi connectivity index (χ1v) is 10.7. The van der Waals surface area contributed by atoms with E-state index in [1.54, 1.807) is 24.3 Å². The number of hydrogen-bond acceptors (Lipinski definition) is 6. The van der Waals surface area contributed by atoms with Crippen molar-refractivity contribution < 1.29 is 28.6 Å². The van der Waals surface area contributed by atoms with Gasteiger partial charge in [0.05, 0.1) is 27.2 Å². The van der Waals surface area contributed by atoms with E-state index in [9.17, 15) is 14.4 Å². The number of unbranched alkanes of at least 4 members (excludes halogenated alkanes) is 1. The number of nitrogens with zero attached hydrogens (tertiary/aromatic N) is 1. The van der Waals surface area contributed by atoms with Crippen molar-refractivity contribution in [2.24, 2.45) is 5.92 Å². The molecule has 1 aliphatic heterocycles. The van der Waals surface area contributed by atoms with Crippen molar-refractivity contribution in [2.75, 3.05) is 27.4 Å². The third kappa shape index (κ3) is 6.73. The molecule has 1 aromatic carbocycles. The number of ether oxygens (including phenoxy) is 3. The fourth-order valence-corrected chi connectivity index (χ4v) is 3.27. The number of carbonyl (C=O) groups is 3. The summed E-state index contributed by atoms with van der Waals surface area (Å²) in [4.78, 5) is 37.9. The summed E-state index contributed by atoms with van der Waals surface area (Å²) in [6.07, 6.45) is 5.71. The Morgan fingerprint density at radius 2 is 1.90 bits per heavy atom. The van der Waals surface area contributed by atoms with Crippen LogP contribution in [0.25, 0.3) is 6.08 Å². The van der Waals surface area contributed by atoms with Crippen LogP contribution >= 0.6 is 0 Å². The molecule has 0 bridgehead atoms. The Labute approximate surface area is 183 Å². The highest BCUT2D eigenvalue weighted by Crippen LogP contribution is 2.28. The van der Waals surface area contributed by atoms with Crippen LogP contribution in [0.4, 0.5) is 4.79 Å². The van der Waals surface area contributed by atoms with Crippen LogP contribution in [0.2, 0.25) is 0 Å². The van der Waals surface area contributed by atoms with E-state index < -0.39 is 17.9 Å². The predicted octanol–water partition coefficient (Wildman–Crippen LogP) is 3.75. The number of urea groups is 1. The summed E-state index contributed by atoms with van der Waals surface area (Å²) in [5, 5.41) is 2.55. The van der Waals surface area contributed by atoms with Gasteiger partial charge < -0.3 is 19.5 Å². The molecule has 0 saturated carbocycles. The third-order valence-electron chi connectivity index (χ3n) is 5.24. The predicted molar refractivity (Wildman–Crippen MR) is 117 cm³/mol. The lowest BCUT2D eigenvalue weighted by atomic mass is 10.0. The van der Waals surface area contributed by atoms with Crippen molar-refractivity contribution >= 4 is 24.0 Å². The summed E-state index contributed by atoms with van der Waals surface area (Å²) in [7, 11) is 3.05. The van der Waals surface area contributed by atoms with Gasteiger partial charge >= 0.3 is 12.0 Å². The van der Waals surface area contributed by atoms with Gasteiger partial charge in [-0.2, -0.15) is 0 Å². The fourth-order valence-electron chi connectivity index (χ4n) is 3.27. The lowest BCUT2D eigenvalue weighted by Crippen LogP contribution is -2.33. The maximum absolute atomic E-state index is 12.6. The third-order valence-corrected chi connectivity index (χ3v) is 5.24. The monoisotopic (exact) mass is 432 g/mol. The first-order valence-electron chi connectivity index (χ1n) is 10.7. The minimum absolute atomic E-state index is 0.0292. The normalized spacial score (nSPS) is 15.7. The van der Waals surface area contributed by atoms with Crippen LogP contribution in [-0.2, 0) is 14.3 Å². The van der Waals surface area contributed by atoms with Crippen LogP contribution in [0, 0.1) is 5.92 Å².